The van der Waals surface area contributed by atoms with E-state index in [1.807, 2.05) is 6.92 Å². The second kappa shape index (κ2) is 7.20. The van der Waals surface area contributed by atoms with Gasteiger partial charge in [0, 0.05) is 19.1 Å². The summed E-state index contributed by atoms with van der Waals surface area (Å²) in [6, 6.07) is -0.325. The molecule has 1 fully saturated rings. The zero-order valence-electron chi connectivity index (χ0n) is 11.1. The summed E-state index contributed by atoms with van der Waals surface area (Å²) in [5.41, 5.74) is 5.65. The summed E-state index contributed by atoms with van der Waals surface area (Å²) in [6.07, 6.45) is 1.86. The van der Waals surface area contributed by atoms with Crippen molar-refractivity contribution < 1.29 is 14.3 Å². The summed E-state index contributed by atoms with van der Waals surface area (Å²) in [7, 11) is 0. The van der Waals surface area contributed by atoms with Gasteiger partial charge in [-0.25, -0.2) is 4.79 Å². The maximum Gasteiger partial charge on any atom is 0.409 e. The van der Waals surface area contributed by atoms with Crippen molar-refractivity contribution >= 4 is 12.0 Å². The predicted molar refractivity (Wildman–Crippen MR) is 68.0 cm³/mol. The maximum atomic E-state index is 11.6. The molecule has 18 heavy (non-hydrogen) atoms. The van der Waals surface area contributed by atoms with Crippen molar-refractivity contribution in [2.75, 3.05) is 19.7 Å². The van der Waals surface area contributed by atoms with E-state index in [4.69, 9.17) is 10.5 Å². The number of nitrogens with zero attached hydrogens (tertiary/aromatic N) is 1. The van der Waals surface area contributed by atoms with Crippen molar-refractivity contribution in [3.8, 4) is 0 Å². The Hall–Kier alpha value is -1.30. The molecule has 0 aliphatic carbocycles. The Morgan fingerprint density at radius 1 is 1.39 bits per heavy atom. The van der Waals surface area contributed by atoms with Crippen LogP contribution in [0.3, 0.4) is 0 Å². The zero-order chi connectivity index (χ0) is 13.5. The Labute approximate surface area is 108 Å². The Balaban J connectivity index is 2.31. The minimum absolute atomic E-state index is 0.105. The molecule has 1 rings (SSSR count). The van der Waals surface area contributed by atoms with Crippen molar-refractivity contribution in [3.05, 3.63) is 0 Å². The van der Waals surface area contributed by atoms with Gasteiger partial charge in [-0.05, 0) is 26.2 Å². The van der Waals surface area contributed by atoms with Crippen molar-refractivity contribution in [3.63, 3.8) is 0 Å². The molecule has 0 saturated carbocycles. The van der Waals surface area contributed by atoms with Crippen molar-refractivity contribution in [2.24, 2.45) is 5.73 Å². The molecule has 0 radical (unpaired) electrons. The summed E-state index contributed by atoms with van der Waals surface area (Å²) in [5.74, 6) is -0.105. The molecule has 1 saturated heterocycles. The molecule has 0 aromatic rings. The summed E-state index contributed by atoms with van der Waals surface area (Å²) in [5, 5.41) is 2.92. The number of likely N-dealkylation sites (tertiary alicyclic amines) is 1. The third kappa shape index (κ3) is 4.18. The lowest BCUT2D eigenvalue weighted by Crippen LogP contribution is -2.50. The molecular weight excluding hydrogens is 234 g/mol. The number of nitrogens with two attached hydrogens (primary N) is 1. The number of hydrogen-bond acceptors (Lipinski definition) is 4. The van der Waals surface area contributed by atoms with Gasteiger partial charge in [0.25, 0.3) is 0 Å². The lowest BCUT2D eigenvalue weighted by atomic mass is 10.0. The molecule has 1 heterocycles. The summed E-state index contributed by atoms with van der Waals surface area (Å²) >= 11 is 0. The summed E-state index contributed by atoms with van der Waals surface area (Å²) in [6.45, 7) is 5.29. The fraction of sp³-hybridized carbons (Fsp3) is 0.833. The van der Waals surface area contributed by atoms with Crippen LogP contribution in [0.15, 0.2) is 0 Å². The SMILES string of the molecule is CCOC(=O)N1CCC(NC(=O)[C@@H](N)CC)CC1. The fourth-order valence-corrected chi connectivity index (χ4v) is 1.91. The Morgan fingerprint density at radius 3 is 2.50 bits per heavy atom. The molecule has 3 N–H and O–H groups in total. The Bertz CT molecular complexity index is 288. The fourth-order valence-electron chi connectivity index (χ4n) is 1.91. The van der Waals surface area contributed by atoms with E-state index in [2.05, 4.69) is 5.32 Å². The Morgan fingerprint density at radius 2 is 2.00 bits per heavy atom. The van der Waals surface area contributed by atoms with E-state index < -0.39 is 6.04 Å². The van der Waals surface area contributed by atoms with Gasteiger partial charge in [0.15, 0.2) is 0 Å². The molecular formula is C12H23N3O3. The van der Waals surface area contributed by atoms with Crippen LogP contribution in [0.2, 0.25) is 0 Å². The second-order valence-electron chi connectivity index (χ2n) is 4.48. The van der Waals surface area contributed by atoms with Gasteiger partial charge < -0.3 is 20.7 Å². The van der Waals surface area contributed by atoms with Gasteiger partial charge >= 0.3 is 6.09 Å². The third-order valence-corrected chi connectivity index (χ3v) is 3.14. The number of hydrogen-bond donors (Lipinski definition) is 2. The van der Waals surface area contributed by atoms with Gasteiger partial charge in [-0.1, -0.05) is 6.92 Å². The monoisotopic (exact) mass is 257 g/mol. The number of carbonyl (C=O) groups excluding carboxylic acids is 2. The van der Waals surface area contributed by atoms with Crippen LogP contribution in [0.1, 0.15) is 33.1 Å². The van der Waals surface area contributed by atoms with Crippen LogP contribution >= 0.6 is 0 Å². The normalized spacial score (nSPS) is 18.3. The lowest BCUT2D eigenvalue weighted by molar-refractivity contribution is -0.123. The molecule has 0 spiro atoms. The van der Waals surface area contributed by atoms with Crippen molar-refractivity contribution in [1.29, 1.82) is 0 Å². The van der Waals surface area contributed by atoms with Gasteiger partial charge in [0.1, 0.15) is 0 Å². The van der Waals surface area contributed by atoms with E-state index in [0.29, 0.717) is 26.1 Å². The van der Waals surface area contributed by atoms with E-state index in [0.717, 1.165) is 12.8 Å². The summed E-state index contributed by atoms with van der Waals surface area (Å²) < 4.78 is 4.93. The largest absolute Gasteiger partial charge is 0.450 e. The molecule has 6 nitrogen and oxygen atoms in total. The topological polar surface area (TPSA) is 84.7 Å². The average molecular weight is 257 g/mol. The van der Waals surface area contributed by atoms with Gasteiger partial charge in [-0.15, -0.1) is 0 Å². The molecule has 1 aliphatic rings. The number of rotatable bonds is 4. The molecule has 0 aromatic heterocycles. The highest BCUT2D eigenvalue weighted by Crippen LogP contribution is 2.11. The molecule has 1 atom stereocenters. The first-order valence-corrected chi connectivity index (χ1v) is 6.56. The van der Waals surface area contributed by atoms with Gasteiger partial charge in [0.2, 0.25) is 5.91 Å². The second-order valence-corrected chi connectivity index (χ2v) is 4.48. The number of carbonyl (C=O) groups is 2. The van der Waals surface area contributed by atoms with Crippen LogP contribution in [-0.4, -0.2) is 48.7 Å². The van der Waals surface area contributed by atoms with E-state index in [1.54, 1.807) is 11.8 Å². The quantitative estimate of drug-likeness (QED) is 0.766. The summed E-state index contributed by atoms with van der Waals surface area (Å²) in [4.78, 5) is 24.8. The standard InChI is InChI=1S/C12H23N3O3/c1-3-10(13)11(16)14-9-5-7-15(8-6-9)12(17)18-4-2/h9-10H,3-8,13H2,1-2H3,(H,14,16)/t10-/m0/s1. The van der Waals surface area contributed by atoms with Gasteiger partial charge in [-0.3, -0.25) is 4.79 Å². The number of ether oxygens (including phenoxy) is 1. The van der Waals surface area contributed by atoms with E-state index >= 15 is 0 Å². The third-order valence-electron chi connectivity index (χ3n) is 3.14. The highest BCUT2D eigenvalue weighted by molar-refractivity contribution is 5.81. The maximum absolute atomic E-state index is 11.6. The molecule has 0 unspecified atom stereocenters. The highest BCUT2D eigenvalue weighted by atomic mass is 16.6. The van der Waals surface area contributed by atoms with Crippen LogP contribution in [0.5, 0.6) is 0 Å². The minimum Gasteiger partial charge on any atom is -0.450 e. The van der Waals surface area contributed by atoms with Crippen LogP contribution < -0.4 is 11.1 Å². The highest BCUT2D eigenvalue weighted by Gasteiger charge is 2.25. The molecule has 104 valence electrons. The van der Waals surface area contributed by atoms with E-state index in [9.17, 15) is 9.59 Å². The van der Waals surface area contributed by atoms with Crippen molar-refractivity contribution in [1.82, 2.24) is 10.2 Å². The van der Waals surface area contributed by atoms with E-state index in [-0.39, 0.29) is 18.0 Å². The molecule has 2 amide bonds. The van der Waals surface area contributed by atoms with Crippen LogP contribution in [0.25, 0.3) is 0 Å². The first kappa shape index (κ1) is 14.8. The lowest BCUT2D eigenvalue weighted by Gasteiger charge is -2.32. The van der Waals surface area contributed by atoms with Gasteiger partial charge in [0.05, 0.1) is 12.6 Å². The van der Waals surface area contributed by atoms with Crippen molar-refractivity contribution in [2.45, 2.75) is 45.2 Å². The van der Waals surface area contributed by atoms with Gasteiger partial charge in [-0.2, -0.15) is 0 Å². The smallest absolute Gasteiger partial charge is 0.409 e. The average Bonchev–Trinajstić information content (AvgIpc) is 2.38. The first-order chi connectivity index (χ1) is 8.58. The van der Waals surface area contributed by atoms with Crippen LogP contribution in [0.4, 0.5) is 4.79 Å². The van der Waals surface area contributed by atoms with E-state index in [1.165, 1.54) is 0 Å². The molecule has 0 aromatic carbocycles. The molecule has 1 aliphatic heterocycles. The molecule has 6 heteroatoms. The number of piperidine rings is 1. The predicted octanol–water partition coefficient (Wildman–Crippen LogP) is 0.461. The number of amides is 2. The van der Waals surface area contributed by atoms with Crippen LogP contribution in [0, 0.1) is 0 Å². The minimum atomic E-state index is -0.437. The van der Waals surface area contributed by atoms with Crippen LogP contribution in [-0.2, 0) is 9.53 Å². The molecule has 0 bridgehead atoms. The number of nitrogens with one attached hydrogen (secondary N) is 1. The zero-order valence-corrected chi connectivity index (χ0v) is 11.1. The first-order valence-electron chi connectivity index (χ1n) is 6.56. The Kier molecular flexibility index (Phi) is 5.91.